The minimum Gasteiger partial charge on any atom is -0.484 e. The minimum absolute atomic E-state index is 0.196. The molecule has 2 amide bonds. The topological polar surface area (TPSA) is 84.9 Å². The zero-order chi connectivity index (χ0) is 18.9. The fraction of sp³-hybridized carbons (Fsp3) is 0.471. The lowest BCUT2D eigenvalue weighted by Crippen LogP contribution is -2.78. The summed E-state index contributed by atoms with van der Waals surface area (Å²) in [6, 6.07) is 7.35. The standard InChI is InChI=1S/C17H19ClN2O5S/c1-17(18)9-26-15-12(14(22)20(15)13(17)16(23)24-2)19-11(21)8-25-10-6-4-3-5-7-10/h3-7,12-13,15H,8-9H2,1-2H3,(H,19,21)/t12?,13?,15-,17?/m0/s1. The first kappa shape index (κ1) is 18.8. The molecule has 0 saturated carbocycles. The van der Waals surface area contributed by atoms with E-state index in [1.54, 1.807) is 31.2 Å². The maximum atomic E-state index is 12.5. The smallest absolute Gasteiger partial charge is 0.330 e. The van der Waals surface area contributed by atoms with Gasteiger partial charge in [0.1, 0.15) is 17.2 Å². The Balaban J connectivity index is 1.61. The second-order valence-electron chi connectivity index (χ2n) is 6.30. The van der Waals surface area contributed by atoms with Gasteiger partial charge in [-0.3, -0.25) is 9.59 Å². The Hall–Kier alpha value is -1.93. The maximum Gasteiger partial charge on any atom is 0.330 e. The summed E-state index contributed by atoms with van der Waals surface area (Å²) in [4.78, 5) is 37.2. The van der Waals surface area contributed by atoms with Crippen LogP contribution in [0.5, 0.6) is 5.75 Å². The molecule has 4 atom stereocenters. The van der Waals surface area contributed by atoms with E-state index >= 15 is 0 Å². The van der Waals surface area contributed by atoms with Gasteiger partial charge in [-0.05, 0) is 19.1 Å². The highest BCUT2D eigenvalue weighted by molar-refractivity contribution is 8.00. The molecule has 7 nitrogen and oxygen atoms in total. The third-order valence-electron chi connectivity index (χ3n) is 4.32. The number of fused-ring (bicyclic) bond motifs is 1. The zero-order valence-electron chi connectivity index (χ0n) is 14.3. The van der Waals surface area contributed by atoms with Gasteiger partial charge in [0.25, 0.3) is 5.91 Å². The highest BCUT2D eigenvalue weighted by atomic mass is 35.5. The number of amides is 2. The number of halogens is 1. The van der Waals surface area contributed by atoms with E-state index in [1.165, 1.54) is 23.8 Å². The van der Waals surface area contributed by atoms with Gasteiger partial charge in [-0.2, -0.15) is 0 Å². The van der Waals surface area contributed by atoms with Crippen molar-refractivity contribution in [1.82, 2.24) is 10.2 Å². The molecule has 2 aliphatic rings. The van der Waals surface area contributed by atoms with E-state index in [0.29, 0.717) is 11.5 Å². The first-order valence-corrected chi connectivity index (χ1v) is 9.45. The van der Waals surface area contributed by atoms with Crippen LogP contribution in [-0.4, -0.2) is 64.5 Å². The summed E-state index contributed by atoms with van der Waals surface area (Å²) in [7, 11) is 1.26. The van der Waals surface area contributed by atoms with Crippen molar-refractivity contribution in [2.45, 2.75) is 29.3 Å². The monoisotopic (exact) mass is 398 g/mol. The number of para-hydroxylation sites is 1. The number of ether oxygens (including phenoxy) is 2. The molecule has 2 saturated heterocycles. The van der Waals surface area contributed by atoms with Crippen LogP contribution in [0.3, 0.4) is 0 Å². The van der Waals surface area contributed by atoms with Crippen LogP contribution >= 0.6 is 23.4 Å². The van der Waals surface area contributed by atoms with Crippen LogP contribution in [0.2, 0.25) is 0 Å². The third kappa shape index (κ3) is 3.48. The van der Waals surface area contributed by atoms with E-state index in [0.717, 1.165) is 0 Å². The molecule has 3 unspecified atom stereocenters. The average molecular weight is 399 g/mol. The molecular weight excluding hydrogens is 380 g/mol. The van der Waals surface area contributed by atoms with Crippen molar-refractivity contribution in [3.8, 4) is 5.75 Å². The summed E-state index contributed by atoms with van der Waals surface area (Å²) in [5.41, 5.74) is 0. The first-order valence-electron chi connectivity index (χ1n) is 8.03. The van der Waals surface area contributed by atoms with Gasteiger partial charge in [-0.15, -0.1) is 23.4 Å². The lowest BCUT2D eigenvalue weighted by Gasteiger charge is -2.56. The highest BCUT2D eigenvalue weighted by Gasteiger charge is 2.61. The van der Waals surface area contributed by atoms with Gasteiger partial charge in [0.2, 0.25) is 5.91 Å². The number of hydrogen-bond donors (Lipinski definition) is 1. The number of methoxy groups -OCH3 is 1. The third-order valence-corrected chi connectivity index (χ3v) is 6.42. The Morgan fingerprint density at radius 3 is 2.73 bits per heavy atom. The predicted octanol–water partition coefficient (Wildman–Crippen LogP) is 1.00. The van der Waals surface area contributed by atoms with Crippen LogP contribution in [0.25, 0.3) is 0 Å². The number of alkyl halides is 1. The molecule has 0 radical (unpaired) electrons. The number of hydrogen-bond acceptors (Lipinski definition) is 6. The van der Waals surface area contributed by atoms with Crippen LogP contribution < -0.4 is 10.1 Å². The van der Waals surface area contributed by atoms with E-state index in [-0.39, 0.29) is 17.9 Å². The molecule has 0 bridgehead atoms. The van der Waals surface area contributed by atoms with E-state index in [9.17, 15) is 14.4 Å². The summed E-state index contributed by atoms with van der Waals surface area (Å²) in [5.74, 6) is -0.285. The minimum atomic E-state index is -0.921. The molecular formula is C17H19ClN2O5S. The molecule has 1 aromatic carbocycles. The van der Waals surface area contributed by atoms with Crippen LogP contribution in [0, 0.1) is 0 Å². The summed E-state index contributed by atoms with van der Waals surface area (Å²) in [5, 5.41) is 2.32. The van der Waals surface area contributed by atoms with Crippen molar-refractivity contribution in [3.05, 3.63) is 30.3 Å². The second kappa shape index (κ2) is 7.36. The van der Waals surface area contributed by atoms with Crippen molar-refractivity contribution < 1.29 is 23.9 Å². The first-order chi connectivity index (χ1) is 12.3. The Bertz CT molecular complexity index is 714. The maximum absolute atomic E-state index is 12.5. The predicted molar refractivity (Wildman–Crippen MR) is 97.0 cm³/mol. The number of esters is 1. The number of nitrogens with one attached hydrogen (secondary N) is 1. The second-order valence-corrected chi connectivity index (χ2v) is 8.27. The lowest BCUT2D eigenvalue weighted by molar-refractivity contribution is -0.165. The van der Waals surface area contributed by atoms with Crippen molar-refractivity contribution in [1.29, 1.82) is 0 Å². The largest absolute Gasteiger partial charge is 0.484 e. The van der Waals surface area contributed by atoms with Crippen LogP contribution in [-0.2, 0) is 19.1 Å². The van der Waals surface area contributed by atoms with E-state index in [4.69, 9.17) is 21.1 Å². The van der Waals surface area contributed by atoms with Crippen molar-refractivity contribution in [2.75, 3.05) is 19.5 Å². The number of rotatable bonds is 5. The van der Waals surface area contributed by atoms with Gasteiger partial charge < -0.3 is 19.7 Å². The normalized spacial score (nSPS) is 30.0. The van der Waals surface area contributed by atoms with E-state index < -0.39 is 28.8 Å². The molecule has 26 heavy (non-hydrogen) atoms. The van der Waals surface area contributed by atoms with Gasteiger partial charge >= 0.3 is 5.97 Å². The van der Waals surface area contributed by atoms with E-state index in [1.807, 2.05) is 6.07 Å². The van der Waals surface area contributed by atoms with Crippen LogP contribution in [0.4, 0.5) is 0 Å². The Kier molecular flexibility index (Phi) is 5.34. The molecule has 9 heteroatoms. The SMILES string of the molecule is COC(=O)C1N2C(=O)C(NC(=O)COc3ccccc3)[C@@H]2SCC1(C)Cl. The van der Waals surface area contributed by atoms with Crippen LogP contribution in [0.1, 0.15) is 6.92 Å². The zero-order valence-corrected chi connectivity index (χ0v) is 15.9. The number of thioether (sulfide) groups is 1. The Morgan fingerprint density at radius 2 is 2.08 bits per heavy atom. The quantitative estimate of drug-likeness (QED) is 0.452. The Labute approximate surface area is 160 Å². The fourth-order valence-corrected chi connectivity index (χ4v) is 4.84. The summed E-state index contributed by atoms with van der Waals surface area (Å²) in [6.45, 7) is 1.51. The number of carbonyl (C=O) groups is 3. The molecule has 140 valence electrons. The van der Waals surface area contributed by atoms with Gasteiger partial charge in [-0.1, -0.05) is 18.2 Å². The van der Waals surface area contributed by atoms with Crippen molar-refractivity contribution in [3.63, 3.8) is 0 Å². The highest BCUT2D eigenvalue weighted by Crippen LogP contribution is 2.45. The molecule has 0 spiro atoms. The molecule has 2 aliphatic heterocycles. The van der Waals surface area contributed by atoms with Crippen molar-refractivity contribution in [2.24, 2.45) is 0 Å². The molecule has 2 heterocycles. The number of carbonyl (C=O) groups excluding carboxylic acids is 3. The number of β-lactam (4-membered cyclic amide) rings is 1. The van der Waals surface area contributed by atoms with Gasteiger partial charge in [0.05, 0.1) is 12.0 Å². The molecule has 3 rings (SSSR count). The summed E-state index contributed by atoms with van der Waals surface area (Å²) < 4.78 is 10.2. The van der Waals surface area contributed by atoms with Crippen molar-refractivity contribution >= 4 is 41.1 Å². The van der Waals surface area contributed by atoms with Gasteiger partial charge in [-0.25, -0.2) is 4.79 Å². The lowest BCUT2D eigenvalue weighted by atomic mass is 9.94. The van der Waals surface area contributed by atoms with E-state index in [2.05, 4.69) is 5.32 Å². The number of nitrogens with zero attached hydrogens (tertiary/aromatic N) is 1. The molecule has 0 aromatic heterocycles. The average Bonchev–Trinajstić information content (AvgIpc) is 2.64. The Morgan fingerprint density at radius 1 is 1.38 bits per heavy atom. The summed E-state index contributed by atoms with van der Waals surface area (Å²) in [6.07, 6.45) is 0. The molecule has 2 fully saturated rings. The number of benzene rings is 1. The molecule has 1 aromatic rings. The van der Waals surface area contributed by atoms with Gasteiger partial charge in [0, 0.05) is 5.75 Å². The van der Waals surface area contributed by atoms with Crippen LogP contribution in [0.15, 0.2) is 30.3 Å². The van der Waals surface area contributed by atoms with Gasteiger partial charge in [0.15, 0.2) is 12.6 Å². The fourth-order valence-electron chi connectivity index (χ4n) is 3.04. The molecule has 1 N–H and O–H groups in total. The summed E-state index contributed by atoms with van der Waals surface area (Å²) >= 11 is 7.85. The molecule has 0 aliphatic carbocycles.